The lowest BCUT2D eigenvalue weighted by Gasteiger charge is -2.22. The Morgan fingerprint density at radius 2 is 1.94 bits per heavy atom. The van der Waals surface area contributed by atoms with Crippen LogP contribution in [0.1, 0.15) is 50.8 Å². The molecule has 3 nitrogen and oxygen atoms in total. The van der Waals surface area contributed by atoms with Crippen LogP contribution in [0.4, 0.5) is 5.69 Å². The van der Waals surface area contributed by atoms with Crippen LogP contribution in [0.3, 0.4) is 0 Å². The largest absolute Gasteiger partial charge is 0.370 e. The molecule has 0 aromatic carbocycles. The van der Waals surface area contributed by atoms with Crippen LogP contribution in [-0.2, 0) is 0 Å². The molecule has 1 aliphatic heterocycles. The van der Waals surface area contributed by atoms with Gasteiger partial charge in [-0.1, -0.05) is 19.8 Å². The van der Waals surface area contributed by atoms with Crippen molar-refractivity contribution in [3.63, 3.8) is 0 Å². The number of anilines is 1. The van der Waals surface area contributed by atoms with E-state index >= 15 is 0 Å². The zero-order chi connectivity index (χ0) is 12.1. The highest BCUT2D eigenvalue weighted by atomic mass is 15.1. The first-order valence-electron chi connectivity index (χ1n) is 6.77. The van der Waals surface area contributed by atoms with Gasteiger partial charge in [0.15, 0.2) is 0 Å². The number of aromatic nitrogens is 1. The smallest absolute Gasteiger partial charge is 0.0572 e. The molecule has 1 aromatic rings. The van der Waals surface area contributed by atoms with Crippen LogP contribution in [-0.4, -0.2) is 18.1 Å². The molecule has 0 aliphatic carbocycles. The summed E-state index contributed by atoms with van der Waals surface area (Å²) in [6.07, 6.45) is 8.25. The second-order valence-corrected chi connectivity index (χ2v) is 4.86. The fourth-order valence-electron chi connectivity index (χ4n) is 2.34. The Morgan fingerprint density at radius 3 is 2.47 bits per heavy atom. The zero-order valence-electron chi connectivity index (χ0n) is 10.7. The summed E-state index contributed by atoms with van der Waals surface area (Å²) in [5.41, 5.74) is 8.23. The molecule has 2 rings (SSSR count). The van der Waals surface area contributed by atoms with Gasteiger partial charge in [0.05, 0.1) is 17.6 Å². The first-order chi connectivity index (χ1) is 8.31. The highest BCUT2D eigenvalue weighted by Crippen LogP contribution is 2.20. The molecule has 3 heteroatoms. The van der Waals surface area contributed by atoms with E-state index in [4.69, 9.17) is 5.73 Å². The first kappa shape index (κ1) is 12.4. The van der Waals surface area contributed by atoms with Crippen molar-refractivity contribution in [2.75, 3.05) is 18.0 Å². The molecular formula is C14H23N3. The molecule has 1 fully saturated rings. The normalized spacial score (nSPS) is 18.8. The van der Waals surface area contributed by atoms with Crippen LogP contribution >= 0.6 is 0 Å². The van der Waals surface area contributed by atoms with Crippen molar-refractivity contribution >= 4 is 5.69 Å². The Kier molecular flexibility index (Phi) is 4.37. The Balaban J connectivity index is 2.05. The van der Waals surface area contributed by atoms with Crippen molar-refractivity contribution in [2.24, 2.45) is 5.73 Å². The predicted octanol–water partition coefficient (Wildman–Crippen LogP) is 2.87. The van der Waals surface area contributed by atoms with Crippen LogP contribution in [0.2, 0.25) is 0 Å². The van der Waals surface area contributed by atoms with Crippen molar-refractivity contribution in [1.29, 1.82) is 0 Å². The molecule has 0 radical (unpaired) electrons. The van der Waals surface area contributed by atoms with Gasteiger partial charge in [-0.2, -0.15) is 0 Å². The predicted molar refractivity (Wildman–Crippen MR) is 72.1 cm³/mol. The molecular weight excluding hydrogens is 210 g/mol. The monoisotopic (exact) mass is 233 g/mol. The van der Waals surface area contributed by atoms with E-state index in [1.807, 2.05) is 6.20 Å². The maximum absolute atomic E-state index is 5.97. The third-order valence-corrected chi connectivity index (χ3v) is 3.56. The van der Waals surface area contributed by atoms with Crippen LogP contribution < -0.4 is 10.6 Å². The lowest BCUT2D eigenvalue weighted by molar-refractivity contribution is 0.674. The fourth-order valence-corrected chi connectivity index (χ4v) is 2.34. The van der Waals surface area contributed by atoms with Crippen molar-refractivity contribution in [3.8, 4) is 0 Å². The van der Waals surface area contributed by atoms with E-state index in [1.165, 1.54) is 44.5 Å². The van der Waals surface area contributed by atoms with Gasteiger partial charge in [0.2, 0.25) is 0 Å². The van der Waals surface area contributed by atoms with Gasteiger partial charge < -0.3 is 10.6 Å². The molecule has 0 spiro atoms. The molecule has 1 aliphatic rings. The molecule has 1 atom stereocenters. The van der Waals surface area contributed by atoms with Gasteiger partial charge in [-0.25, -0.2) is 0 Å². The summed E-state index contributed by atoms with van der Waals surface area (Å²) in [7, 11) is 0. The maximum Gasteiger partial charge on any atom is 0.0572 e. The minimum absolute atomic E-state index is 0.0770. The fraction of sp³-hybridized carbons (Fsp3) is 0.643. The zero-order valence-corrected chi connectivity index (χ0v) is 10.7. The lowest BCUT2D eigenvalue weighted by Crippen LogP contribution is -2.24. The third kappa shape index (κ3) is 3.19. The van der Waals surface area contributed by atoms with Gasteiger partial charge in [-0.05, 0) is 31.4 Å². The second kappa shape index (κ2) is 6.01. The molecule has 17 heavy (non-hydrogen) atoms. The SMILES string of the molecule is CCC(N)c1ccc(N2CCCCCC2)cn1. The number of pyridine rings is 1. The summed E-state index contributed by atoms with van der Waals surface area (Å²) < 4.78 is 0. The summed E-state index contributed by atoms with van der Waals surface area (Å²) >= 11 is 0. The van der Waals surface area contributed by atoms with Gasteiger partial charge >= 0.3 is 0 Å². The maximum atomic E-state index is 5.97. The molecule has 1 saturated heterocycles. The molecule has 0 amide bonds. The van der Waals surface area contributed by atoms with Crippen LogP contribution in [0.5, 0.6) is 0 Å². The van der Waals surface area contributed by atoms with E-state index < -0.39 is 0 Å². The summed E-state index contributed by atoms with van der Waals surface area (Å²) in [4.78, 5) is 6.93. The summed E-state index contributed by atoms with van der Waals surface area (Å²) in [5.74, 6) is 0. The molecule has 94 valence electrons. The van der Waals surface area contributed by atoms with E-state index in [1.54, 1.807) is 0 Å². The van der Waals surface area contributed by atoms with Gasteiger partial charge in [0.25, 0.3) is 0 Å². The van der Waals surface area contributed by atoms with Gasteiger partial charge in [-0.15, -0.1) is 0 Å². The van der Waals surface area contributed by atoms with Crippen LogP contribution in [0, 0.1) is 0 Å². The quantitative estimate of drug-likeness (QED) is 0.873. The molecule has 0 saturated carbocycles. The Hall–Kier alpha value is -1.09. The lowest BCUT2D eigenvalue weighted by atomic mass is 10.1. The topological polar surface area (TPSA) is 42.1 Å². The van der Waals surface area contributed by atoms with E-state index in [0.717, 1.165) is 12.1 Å². The number of nitrogens with two attached hydrogens (primary N) is 1. The van der Waals surface area contributed by atoms with Gasteiger partial charge in [0, 0.05) is 19.1 Å². The Bertz CT molecular complexity index is 326. The molecule has 0 bridgehead atoms. The standard InChI is InChI=1S/C14H23N3/c1-2-13(15)14-8-7-12(11-16-14)17-9-5-3-4-6-10-17/h7-8,11,13H,2-6,9-10,15H2,1H3. The highest BCUT2D eigenvalue weighted by molar-refractivity contribution is 5.44. The summed E-state index contributed by atoms with van der Waals surface area (Å²) in [6, 6.07) is 4.32. The van der Waals surface area contributed by atoms with Crippen LogP contribution in [0.15, 0.2) is 18.3 Å². The summed E-state index contributed by atoms with van der Waals surface area (Å²) in [5, 5.41) is 0. The van der Waals surface area contributed by atoms with Gasteiger partial charge in [0.1, 0.15) is 0 Å². The number of rotatable bonds is 3. The minimum atomic E-state index is 0.0770. The van der Waals surface area contributed by atoms with Crippen molar-refractivity contribution in [2.45, 2.75) is 45.1 Å². The highest BCUT2D eigenvalue weighted by Gasteiger charge is 2.11. The van der Waals surface area contributed by atoms with E-state index in [9.17, 15) is 0 Å². The minimum Gasteiger partial charge on any atom is -0.370 e. The van der Waals surface area contributed by atoms with E-state index in [0.29, 0.717) is 0 Å². The molecule has 1 unspecified atom stereocenters. The molecule has 2 N–H and O–H groups in total. The Labute approximate surface area is 104 Å². The van der Waals surface area contributed by atoms with Crippen molar-refractivity contribution in [3.05, 3.63) is 24.0 Å². The number of hydrogen-bond donors (Lipinski definition) is 1. The van der Waals surface area contributed by atoms with Crippen LogP contribution in [0.25, 0.3) is 0 Å². The number of hydrogen-bond acceptors (Lipinski definition) is 3. The average molecular weight is 233 g/mol. The third-order valence-electron chi connectivity index (χ3n) is 3.56. The first-order valence-corrected chi connectivity index (χ1v) is 6.77. The van der Waals surface area contributed by atoms with E-state index in [2.05, 4.69) is 28.9 Å². The molecule has 2 heterocycles. The molecule has 1 aromatic heterocycles. The number of nitrogens with zero attached hydrogens (tertiary/aromatic N) is 2. The Morgan fingerprint density at radius 1 is 1.24 bits per heavy atom. The van der Waals surface area contributed by atoms with Gasteiger partial charge in [-0.3, -0.25) is 4.98 Å². The average Bonchev–Trinajstić information content (AvgIpc) is 2.67. The van der Waals surface area contributed by atoms with Crippen molar-refractivity contribution in [1.82, 2.24) is 4.98 Å². The van der Waals surface area contributed by atoms with E-state index in [-0.39, 0.29) is 6.04 Å². The van der Waals surface area contributed by atoms with Crippen molar-refractivity contribution < 1.29 is 0 Å². The second-order valence-electron chi connectivity index (χ2n) is 4.86. The summed E-state index contributed by atoms with van der Waals surface area (Å²) in [6.45, 7) is 4.43.